The van der Waals surface area contributed by atoms with Gasteiger partial charge in [0.15, 0.2) is 9.84 Å². The summed E-state index contributed by atoms with van der Waals surface area (Å²) < 4.78 is 27.2. The second-order valence-electron chi connectivity index (χ2n) is 3.00. The molecule has 0 bridgehead atoms. The molecule has 1 aromatic rings. The summed E-state index contributed by atoms with van der Waals surface area (Å²) in [6, 6.07) is 1.16. The molecule has 0 N–H and O–H groups in total. The maximum absolute atomic E-state index is 11.4. The van der Waals surface area contributed by atoms with Crippen LogP contribution in [0.3, 0.4) is 0 Å². The number of hydrogen-bond acceptors (Lipinski definition) is 5. The van der Waals surface area contributed by atoms with Crippen molar-refractivity contribution in [1.82, 2.24) is 4.98 Å². The molecule has 7 heteroatoms. The van der Waals surface area contributed by atoms with Crippen molar-refractivity contribution in [1.29, 1.82) is 0 Å². The lowest BCUT2D eigenvalue weighted by molar-refractivity contribution is 0.0526. The number of nitrogens with zero attached hydrogens (tertiary/aromatic N) is 1. The first-order valence-electron chi connectivity index (χ1n) is 4.39. The quantitative estimate of drug-likeness (QED) is 0.607. The van der Waals surface area contributed by atoms with Gasteiger partial charge in [0, 0.05) is 12.5 Å². The smallest absolute Gasteiger partial charge is 0.341 e. The highest BCUT2D eigenvalue weighted by molar-refractivity contribution is 7.90. The van der Waals surface area contributed by atoms with Crippen molar-refractivity contribution in [3.8, 4) is 0 Å². The largest absolute Gasteiger partial charge is 0.462 e. The van der Waals surface area contributed by atoms with Gasteiger partial charge in [-0.25, -0.2) is 18.2 Å². The third-order valence-electron chi connectivity index (χ3n) is 1.74. The highest BCUT2D eigenvalue weighted by atomic mass is 35.5. The number of aromatic nitrogens is 1. The fourth-order valence-electron chi connectivity index (χ4n) is 0.984. The van der Waals surface area contributed by atoms with Gasteiger partial charge < -0.3 is 4.74 Å². The molecule has 0 aliphatic heterocycles. The average molecular weight is 264 g/mol. The van der Waals surface area contributed by atoms with E-state index in [1.807, 2.05) is 0 Å². The number of rotatable bonds is 3. The number of esters is 1. The molecular weight excluding hydrogens is 254 g/mol. The first-order valence-corrected chi connectivity index (χ1v) is 6.66. The Morgan fingerprint density at radius 2 is 2.19 bits per heavy atom. The summed E-state index contributed by atoms with van der Waals surface area (Å²) >= 11 is 5.67. The van der Waals surface area contributed by atoms with Crippen LogP contribution >= 0.6 is 11.6 Å². The van der Waals surface area contributed by atoms with Crippen LogP contribution in [0.4, 0.5) is 0 Å². The number of pyridine rings is 1. The van der Waals surface area contributed by atoms with Crippen LogP contribution in [0.25, 0.3) is 0 Å². The molecule has 0 spiro atoms. The normalized spacial score (nSPS) is 11.2. The van der Waals surface area contributed by atoms with Crippen LogP contribution in [0.5, 0.6) is 0 Å². The molecule has 0 radical (unpaired) electrons. The molecule has 0 amide bonds. The van der Waals surface area contributed by atoms with Gasteiger partial charge in [-0.15, -0.1) is 0 Å². The van der Waals surface area contributed by atoms with Crippen molar-refractivity contribution >= 4 is 27.4 Å². The van der Waals surface area contributed by atoms with Gasteiger partial charge in [-0.2, -0.15) is 0 Å². The molecule has 0 atom stereocenters. The van der Waals surface area contributed by atoms with E-state index in [-0.39, 0.29) is 22.2 Å². The van der Waals surface area contributed by atoms with Gasteiger partial charge in [0.2, 0.25) is 0 Å². The lowest BCUT2D eigenvalue weighted by atomic mass is 10.3. The molecule has 5 nitrogen and oxygen atoms in total. The van der Waals surface area contributed by atoms with Crippen molar-refractivity contribution in [3.63, 3.8) is 0 Å². The third-order valence-corrected chi connectivity index (χ3v) is 3.12. The van der Waals surface area contributed by atoms with Gasteiger partial charge in [0.05, 0.1) is 17.1 Å². The van der Waals surface area contributed by atoms with E-state index in [0.29, 0.717) is 0 Å². The summed E-state index contributed by atoms with van der Waals surface area (Å²) in [5.41, 5.74) is -0.0496. The predicted octanol–water partition coefficient (Wildman–Crippen LogP) is 1.32. The molecule has 0 saturated carbocycles. The number of ether oxygens (including phenoxy) is 1. The predicted molar refractivity (Wildman–Crippen MR) is 58.3 cm³/mol. The molecular formula is C9H10ClNO4S. The van der Waals surface area contributed by atoms with Crippen molar-refractivity contribution < 1.29 is 17.9 Å². The summed E-state index contributed by atoms with van der Waals surface area (Å²) in [4.78, 5) is 15.0. The number of carbonyl (C=O) groups is 1. The minimum atomic E-state index is -3.42. The zero-order chi connectivity index (χ0) is 12.3. The molecule has 0 aromatic carbocycles. The van der Waals surface area contributed by atoms with Gasteiger partial charge in [-0.3, -0.25) is 0 Å². The van der Waals surface area contributed by atoms with Crippen molar-refractivity contribution in [2.75, 3.05) is 12.9 Å². The van der Waals surface area contributed by atoms with E-state index < -0.39 is 15.8 Å². The lowest BCUT2D eigenvalue weighted by Gasteiger charge is -2.05. The Labute approximate surface area is 98.3 Å². The van der Waals surface area contributed by atoms with Crippen LogP contribution < -0.4 is 0 Å². The Bertz CT molecular complexity index is 512. The van der Waals surface area contributed by atoms with Crippen LogP contribution in [-0.2, 0) is 14.6 Å². The maximum Gasteiger partial charge on any atom is 0.341 e. The molecule has 0 unspecified atom stereocenters. The first-order chi connectivity index (χ1) is 7.36. The second kappa shape index (κ2) is 4.80. The minimum absolute atomic E-state index is 0.0496. The molecule has 16 heavy (non-hydrogen) atoms. The highest BCUT2D eigenvalue weighted by Crippen LogP contribution is 2.18. The summed E-state index contributed by atoms with van der Waals surface area (Å²) in [6.45, 7) is 1.82. The van der Waals surface area contributed by atoms with Crippen molar-refractivity contribution in [2.45, 2.75) is 11.8 Å². The number of sulfone groups is 1. The summed E-state index contributed by atoms with van der Waals surface area (Å²) in [5.74, 6) is -0.689. The lowest BCUT2D eigenvalue weighted by Crippen LogP contribution is -2.08. The zero-order valence-electron chi connectivity index (χ0n) is 8.73. The Balaban J connectivity index is 3.24. The summed E-state index contributed by atoms with van der Waals surface area (Å²) in [6.07, 6.45) is 2.12. The number of carbonyl (C=O) groups excluding carboxylic acids is 1. The van der Waals surface area contributed by atoms with Crippen molar-refractivity contribution in [2.24, 2.45) is 0 Å². The van der Waals surface area contributed by atoms with E-state index in [2.05, 4.69) is 4.98 Å². The maximum atomic E-state index is 11.4. The Morgan fingerprint density at radius 1 is 1.56 bits per heavy atom. The van der Waals surface area contributed by atoms with Crippen LogP contribution in [0.15, 0.2) is 17.2 Å². The molecule has 1 heterocycles. The number of halogens is 1. The van der Waals surface area contributed by atoms with Crippen LogP contribution in [0.1, 0.15) is 17.3 Å². The molecule has 1 rings (SSSR count). The molecule has 0 saturated heterocycles. The fraction of sp³-hybridized carbons (Fsp3) is 0.333. The zero-order valence-corrected chi connectivity index (χ0v) is 10.3. The number of hydrogen-bond donors (Lipinski definition) is 0. The van der Waals surface area contributed by atoms with E-state index >= 15 is 0 Å². The first kappa shape index (κ1) is 12.9. The molecule has 0 aliphatic carbocycles. The molecule has 0 fully saturated rings. The summed E-state index contributed by atoms with van der Waals surface area (Å²) in [7, 11) is -3.42. The topological polar surface area (TPSA) is 73.3 Å². The average Bonchev–Trinajstić information content (AvgIpc) is 2.16. The summed E-state index contributed by atoms with van der Waals surface area (Å²) in [5, 5.41) is -0.0779. The van der Waals surface area contributed by atoms with Crippen LogP contribution in [0.2, 0.25) is 5.15 Å². The standard InChI is InChI=1S/C9H10ClNO4S/c1-3-15-9(12)7-4-6(16(2,13)14)5-11-8(7)10/h4-5H,3H2,1-2H3. The third kappa shape index (κ3) is 2.93. The van der Waals surface area contributed by atoms with Gasteiger partial charge >= 0.3 is 5.97 Å². The highest BCUT2D eigenvalue weighted by Gasteiger charge is 2.17. The van der Waals surface area contributed by atoms with Crippen LogP contribution in [-0.4, -0.2) is 32.2 Å². The second-order valence-corrected chi connectivity index (χ2v) is 5.38. The van der Waals surface area contributed by atoms with E-state index in [0.717, 1.165) is 18.5 Å². The van der Waals surface area contributed by atoms with Gasteiger partial charge in [0.25, 0.3) is 0 Å². The monoisotopic (exact) mass is 263 g/mol. The molecule has 0 aliphatic rings. The van der Waals surface area contributed by atoms with Gasteiger partial charge in [-0.05, 0) is 13.0 Å². The Kier molecular flexibility index (Phi) is 3.88. The van der Waals surface area contributed by atoms with Crippen LogP contribution in [0, 0.1) is 0 Å². The Morgan fingerprint density at radius 3 is 2.69 bits per heavy atom. The van der Waals surface area contributed by atoms with E-state index in [4.69, 9.17) is 16.3 Å². The van der Waals surface area contributed by atoms with Gasteiger partial charge in [0.1, 0.15) is 5.15 Å². The SMILES string of the molecule is CCOC(=O)c1cc(S(C)(=O)=O)cnc1Cl. The van der Waals surface area contributed by atoms with E-state index in [9.17, 15) is 13.2 Å². The molecule has 1 aromatic heterocycles. The molecule has 88 valence electrons. The Hall–Kier alpha value is -1.14. The van der Waals surface area contributed by atoms with Crippen molar-refractivity contribution in [3.05, 3.63) is 23.0 Å². The van der Waals surface area contributed by atoms with E-state index in [1.165, 1.54) is 0 Å². The fourth-order valence-corrected chi connectivity index (χ4v) is 1.74. The van der Waals surface area contributed by atoms with Gasteiger partial charge in [-0.1, -0.05) is 11.6 Å². The van der Waals surface area contributed by atoms with E-state index in [1.54, 1.807) is 6.92 Å². The minimum Gasteiger partial charge on any atom is -0.462 e.